The molecule has 3 rings (SSSR count). The first-order valence-corrected chi connectivity index (χ1v) is 6.94. The molecule has 0 bridgehead atoms. The molecule has 3 heteroatoms. The third kappa shape index (κ3) is 2.69. The highest BCUT2D eigenvalue weighted by Gasteiger charge is 2.22. The average molecular weight is 269 g/mol. The monoisotopic (exact) mass is 269 g/mol. The van der Waals surface area contributed by atoms with Crippen molar-refractivity contribution in [1.82, 2.24) is 5.32 Å². The van der Waals surface area contributed by atoms with Crippen LogP contribution >= 0.6 is 0 Å². The fourth-order valence-corrected chi connectivity index (χ4v) is 2.71. The number of nitrogens with one attached hydrogen (secondary N) is 1. The highest BCUT2D eigenvalue weighted by Crippen LogP contribution is 2.27. The molecular formula is C17H19NO2. The van der Waals surface area contributed by atoms with Gasteiger partial charge in [-0.25, -0.2) is 0 Å². The summed E-state index contributed by atoms with van der Waals surface area (Å²) >= 11 is 0. The van der Waals surface area contributed by atoms with Crippen LogP contribution in [0.3, 0.4) is 0 Å². The van der Waals surface area contributed by atoms with Crippen LogP contribution in [0.15, 0.2) is 48.5 Å². The first-order chi connectivity index (χ1) is 9.74. The topological polar surface area (TPSA) is 41.5 Å². The van der Waals surface area contributed by atoms with E-state index in [1.165, 1.54) is 11.1 Å². The summed E-state index contributed by atoms with van der Waals surface area (Å²) in [5, 5.41) is 13.2. The summed E-state index contributed by atoms with van der Waals surface area (Å²) < 4.78 is 5.66. The average Bonchev–Trinajstić information content (AvgIpc) is 2.47. The van der Waals surface area contributed by atoms with Crippen molar-refractivity contribution in [3.05, 3.63) is 65.2 Å². The van der Waals surface area contributed by atoms with Crippen LogP contribution < -0.4 is 5.32 Å². The number of rotatable bonds is 3. The summed E-state index contributed by atoms with van der Waals surface area (Å²) in [7, 11) is 0. The summed E-state index contributed by atoms with van der Waals surface area (Å²) in [6.45, 7) is 3.47. The number of hydrogen-bond donors (Lipinski definition) is 2. The molecule has 0 aromatic heterocycles. The van der Waals surface area contributed by atoms with E-state index in [1.54, 1.807) is 12.1 Å². The summed E-state index contributed by atoms with van der Waals surface area (Å²) in [5.74, 6) is 0.302. The number of aromatic hydroxyl groups is 1. The van der Waals surface area contributed by atoms with Crippen LogP contribution in [0.25, 0.3) is 0 Å². The van der Waals surface area contributed by atoms with E-state index in [0.717, 1.165) is 5.56 Å². The molecule has 0 amide bonds. The molecule has 1 heterocycles. The Morgan fingerprint density at radius 3 is 2.90 bits per heavy atom. The van der Waals surface area contributed by atoms with E-state index < -0.39 is 0 Å². The number of phenols is 1. The van der Waals surface area contributed by atoms with Gasteiger partial charge in [-0.15, -0.1) is 0 Å². The van der Waals surface area contributed by atoms with Crippen molar-refractivity contribution >= 4 is 0 Å². The lowest BCUT2D eigenvalue weighted by Gasteiger charge is -2.29. The fraction of sp³-hybridized carbons (Fsp3) is 0.294. The maximum atomic E-state index is 9.57. The summed E-state index contributed by atoms with van der Waals surface area (Å²) in [5.41, 5.74) is 3.64. The third-order valence-corrected chi connectivity index (χ3v) is 3.79. The van der Waals surface area contributed by atoms with Crippen molar-refractivity contribution in [1.29, 1.82) is 0 Å². The van der Waals surface area contributed by atoms with Gasteiger partial charge >= 0.3 is 0 Å². The molecule has 0 spiro atoms. The second-order valence-corrected chi connectivity index (χ2v) is 5.25. The van der Waals surface area contributed by atoms with Crippen molar-refractivity contribution in [3.63, 3.8) is 0 Å². The lowest BCUT2D eigenvalue weighted by atomic mass is 9.97. The molecule has 3 nitrogen and oxygen atoms in total. The van der Waals surface area contributed by atoms with Gasteiger partial charge in [0.2, 0.25) is 0 Å². The Bertz CT molecular complexity index is 597. The lowest BCUT2D eigenvalue weighted by molar-refractivity contribution is 0.0791. The summed E-state index contributed by atoms with van der Waals surface area (Å²) in [6.07, 6.45) is 0. The minimum absolute atomic E-state index is 0.154. The molecule has 2 aromatic carbocycles. The Hall–Kier alpha value is -1.84. The van der Waals surface area contributed by atoms with E-state index in [2.05, 4.69) is 30.4 Å². The zero-order valence-electron chi connectivity index (χ0n) is 11.5. The van der Waals surface area contributed by atoms with Gasteiger partial charge in [-0.3, -0.25) is 0 Å². The molecule has 1 aliphatic heterocycles. The van der Waals surface area contributed by atoms with Crippen LogP contribution in [-0.4, -0.2) is 11.7 Å². The van der Waals surface area contributed by atoms with E-state index in [4.69, 9.17) is 4.74 Å². The van der Waals surface area contributed by atoms with Gasteiger partial charge in [0.15, 0.2) is 0 Å². The quantitative estimate of drug-likeness (QED) is 0.898. The third-order valence-electron chi connectivity index (χ3n) is 3.79. The van der Waals surface area contributed by atoms with Crippen molar-refractivity contribution < 1.29 is 9.84 Å². The number of fused-ring (bicyclic) bond motifs is 1. The molecule has 104 valence electrons. The molecule has 0 aliphatic carbocycles. The van der Waals surface area contributed by atoms with E-state index in [-0.39, 0.29) is 12.1 Å². The predicted octanol–water partition coefficient (Wildman–Crippen LogP) is 3.31. The van der Waals surface area contributed by atoms with Gasteiger partial charge in [0, 0.05) is 6.04 Å². The first kappa shape index (κ1) is 13.2. The van der Waals surface area contributed by atoms with E-state index in [9.17, 15) is 5.11 Å². The van der Waals surface area contributed by atoms with E-state index in [1.807, 2.05) is 18.2 Å². The minimum Gasteiger partial charge on any atom is -0.508 e. The van der Waals surface area contributed by atoms with Gasteiger partial charge in [-0.1, -0.05) is 36.4 Å². The zero-order chi connectivity index (χ0) is 13.9. The Morgan fingerprint density at radius 2 is 2.05 bits per heavy atom. The molecule has 1 aliphatic rings. The van der Waals surface area contributed by atoms with Crippen LogP contribution in [0.2, 0.25) is 0 Å². The SMILES string of the molecule is CC(NC1COCc2ccccc21)c1cccc(O)c1. The molecule has 2 unspecified atom stereocenters. The Balaban J connectivity index is 1.79. The molecule has 0 saturated carbocycles. The molecule has 2 aromatic rings. The Labute approximate surface area is 119 Å². The van der Waals surface area contributed by atoms with Gasteiger partial charge in [-0.05, 0) is 35.7 Å². The molecule has 2 atom stereocenters. The van der Waals surface area contributed by atoms with Crippen LogP contribution in [0.1, 0.15) is 35.7 Å². The maximum Gasteiger partial charge on any atom is 0.115 e. The van der Waals surface area contributed by atoms with Crippen molar-refractivity contribution in [2.75, 3.05) is 6.61 Å². The lowest BCUT2D eigenvalue weighted by Crippen LogP contribution is -2.31. The molecule has 0 saturated heterocycles. The van der Waals surface area contributed by atoms with Crippen molar-refractivity contribution in [2.24, 2.45) is 0 Å². The summed E-state index contributed by atoms with van der Waals surface area (Å²) in [6, 6.07) is 16.1. The maximum absolute atomic E-state index is 9.57. The van der Waals surface area contributed by atoms with Crippen LogP contribution in [0.4, 0.5) is 0 Å². The Kier molecular flexibility index (Phi) is 3.72. The van der Waals surface area contributed by atoms with E-state index in [0.29, 0.717) is 19.0 Å². The molecule has 0 radical (unpaired) electrons. The highest BCUT2D eigenvalue weighted by atomic mass is 16.5. The van der Waals surface area contributed by atoms with Crippen molar-refractivity contribution in [3.8, 4) is 5.75 Å². The molecule has 20 heavy (non-hydrogen) atoms. The normalized spacial score (nSPS) is 19.4. The van der Waals surface area contributed by atoms with E-state index >= 15 is 0 Å². The minimum atomic E-state index is 0.154. The van der Waals surface area contributed by atoms with Gasteiger partial charge < -0.3 is 15.2 Å². The second kappa shape index (κ2) is 5.65. The molecule has 0 fully saturated rings. The van der Waals surface area contributed by atoms with Gasteiger partial charge in [0.05, 0.1) is 19.3 Å². The van der Waals surface area contributed by atoms with Crippen LogP contribution in [-0.2, 0) is 11.3 Å². The smallest absolute Gasteiger partial charge is 0.115 e. The largest absolute Gasteiger partial charge is 0.508 e. The van der Waals surface area contributed by atoms with Gasteiger partial charge in [0.1, 0.15) is 5.75 Å². The first-order valence-electron chi connectivity index (χ1n) is 6.94. The predicted molar refractivity (Wildman–Crippen MR) is 78.5 cm³/mol. The molecular weight excluding hydrogens is 250 g/mol. The number of ether oxygens (including phenoxy) is 1. The van der Waals surface area contributed by atoms with Gasteiger partial charge in [0.25, 0.3) is 0 Å². The second-order valence-electron chi connectivity index (χ2n) is 5.25. The van der Waals surface area contributed by atoms with Crippen LogP contribution in [0, 0.1) is 0 Å². The fourth-order valence-electron chi connectivity index (χ4n) is 2.71. The zero-order valence-corrected chi connectivity index (χ0v) is 11.5. The number of benzene rings is 2. The number of phenolic OH excluding ortho intramolecular Hbond substituents is 1. The van der Waals surface area contributed by atoms with Gasteiger partial charge in [-0.2, -0.15) is 0 Å². The molecule has 2 N–H and O–H groups in total. The van der Waals surface area contributed by atoms with Crippen molar-refractivity contribution in [2.45, 2.75) is 25.6 Å². The van der Waals surface area contributed by atoms with Crippen LogP contribution in [0.5, 0.6) is 5.75 Å². The highest BCUT2D eigenvalue weighted by molar-refractivity contribution is 5.33. The Morgan fingerprint density at radius 1 is 1.20 bits per heavy atom. The summed E-state index contributed by atoms with van der Waals surface area (Å²) in [4.78, 5) is 0. The standard InChI is InChI=1S/C17H19NO2/c1-12(13-6-4-7-15(19)9-13)18-17-11-20-10-14-5-2-3-8-16(14)17/h2-9,12,17-19H,10-11H2,1H3. The number of hydrogen-bond acceptors (Lipinski definition) is 3.